The molecule has 0 aliphatic rings. The van der Waals surface area contributed by atoms with Gasteiger partial charge in [0.1, 0.15) is 11.6 Å². The van der Waals surface area contributed by atoms with E-state index in [-0.39, 0.29) is 5.02 Å². The summed E-state index contributed by atoms with van der Waals surface area (Å²) in [6.07, 6.45) is 1.58. The highest BCUT2D eigenvalue weighted by molar-refractivity contribution is 6.33. The molecule has 2 aromatic rings. The molecule has 0 heterocycles. The molecule has 2 rings (SSSR count). The lowest BCUT2D eigenvalue weighted by Crippen LogP contribution is -1.89. The van der Waals surface area contributed by atoms with Crippen molar-refractivity contribution < 1.29 is 9.13 Å². The van der Waals surface area contributed by atoms with E-state index < -0.39 is 5.82 Å². The first kappa shape index (κ1) is 13.6. The zero-order valence-electron chi connectivity index (χ0n) is 10.4. The molecular formula is C15H13ClFNO. The number of hydrogen-bond donors (Lipinski definition) is 0. The number of hydrogen-bond acceptors (Lipinski definition) is 2. The van der Waals surface area contributed by atoms with Crippen LogP contribution in [-0.2, 0) is 6.54 Å². The molecule has 19 heavy (non-hydrogen) atoms. The highest BCUT2D eigenvalue weighted by Crippen LogP contribution is 2.18. The standard InChI is InChI=1S/C15H13ClFNO/c1-19-13-7-5-11(6-8-13)9-18-10-12-3-2-4-14(17)15(12)16/h2-8,10H,9H2,1H3/b18-10+. The number of aliphatic imine (C=N–C) groups is 1. The zero-order valence-corrected chi connectivity index (χ0v) is 11.2. The van der Waals surface area contributed by atoms with Gasteiger partial charge in [-0.25, -0.2) is 4.39 Å². The Morgan fingerprint density at radius 2 is 1.95 bits per heavy atom. The minimum Gasteiger partial charge on any atom is -0.497 e. The predicted molar refractivity (Wildman–Crippen MR) is 75.7 cm³/mol. The van der Waals surface area contributed by atoms with Gasteiger partial charge in [0.05, 0.1) is 18.7 Å². The number of methoxy groups -OCH3 is 1. The third kappa shape index (κ3) is 3.55. The average molecular weight is 278 g/mol. The molecule has 0 atom stereocenters. The molecule has 0 fully saturated rings. The summed E-state index contributed by atoms with van der Waals surface area (Å²) in [5.74, 6) is 0.371. The summed E-state index contributed by atoms with van der Waals surface area (Å²) >= 11 is 5.83. The molecule has 0 amide bonds. The summed E-state index contributed by atoms with van der Waals surface area (Å²) in [5.41, 5.74) is 1.62. The first-order valence-corrected chi connectivity index (χ1v) is 6.15. The fourth-order valence-electron chi connectivity index (χ4n) is 1.60. The van der Waals surface area contributed by atoms with Crippen molar-refractivity contribution in [3.8, 4) is 5.75 Å². The van der Waals surface area contributed by atoms with Gasteiger partial charge in [-0.05, 0) is 23.8 Å². The Hall–Kier alpha value is -1.87. The van der Waals surface area contributed by atoms with Gasteiger partial charge in [-0.15, -0.1) is 0 Å². The normalized spacial score (nSPS) is 10.9. The van der Waals surface area contributed by atoms with Crippen LogP contribution in [0.1, 0.15) is 11.1 Å². The lowest BCUT2D eigenvalue weighted by Gasteiger charge is -2.01. The Morgan fingerprint density at radius 1 is 1.21 bits per heavy atom. The molecule has 4 heteroatoms. The second kappa shape index (κ2) is 6.34. The fourth-order valence-corrected chi connectivity index (χ4v) is 1.78. The van der Waals surface area contributed by atoms with Crippen molar-refractivity contribution in [2.24, 2.45) is 4.99 Å². The maximum absolute atomic E-state index is 13.2. The van der Waals surface area contributed by atoms with E-state index in [1.807, 2.05) is 24.3 Å². The van der Waals surface area contributed by atoms with Crippen LogP contribution < -0.4 is 4.74 Å². The summed E-state index contributed by atoms with van der Waals surface area (Å²) in [6.45, 7) is 0.511. The second-order valence-corrected chi connectivity index (χ2v) is 4.34. The number of ether oxygens (including phenoxy) is 1. The van der Waals surface area contributed by atoms with Crippen molar-refractivity contribution in [1.82, 2.24) is 0 Å². The topological polar surface area (TPSA) is 21.6 Å². The van der Waals surface area contributed by atoms with E-state index >= 15 is 0 Å². The van der Waals surface area contributed by atoms with Crippen molar-refractivity contribution >= 4 is 17.8 Å². The van der Waals surface area contributed by atoms with Crippen LogP contribution in [-0.4, -0.2) is 13.3 Å². The van der Waals surface area contributed by atoms with Crippen molar-refractivity contribution in [2.75, 3.05) is 7.11 Å². The number of halogens is 2. The average Bonchev–Trinajstić information content (AvgIpc) is 2.44. The third-order valence-electron chi connectivity index (χ3n) is 2.64. The maximum atomic E-state index is 13.2. The van der Waals surface area contributed by atoms with E-state index in [0.717, 1.165) is 11.3 Å². The van der Waals surface area contributed by atoms with Crippen molar-refractivity contribution in [3.63, 3.8) is 0 Å². The van der Waals surface area contributed by atoms with Crippen LogP contribution >= 0.6 is 11.6 Å². The molecule has 0 spiro atoms. The molecule has 0 unspecified atom stereocenters. The smallest absolute Gasteiger partial charge is 0.142 e. The predicted octanol–water partition coefficient (Wildman–Crippen LogP) is 4.11. The lowest BCUT2D eigenvalue weighted by atomic mass is 10.2. The minimum absolute atomic E-state index is 0.0981. The first-order valence-electron chi connectivity index (χ1n) is 5.77. The fraction of sp³-hybridized carbons (Fsp3) is 0.133. The molecular weight excluding hydrogens is 265 g/mol. The van der Waals surface area contributed by atoms with E-state index in [1.54, 1.807) is 25.5 Å². The van der Waals surface area contributed by atoms with Gasteiger partial charge < -0.3 is 4.74 Å². The number of rotatable bonds is 4. The summed E-state index contributed by atoms with van der Waals surface area (Å²) in [6, 6.07) is 12.3. The number of benzene rings is 2. The largest absolute Gasteiger partial charge is 0.497 e. The molecule has 0 aliphatic carbocycles. The molecule has 0 bridgehead atoms. The van der Waals surface area contributed by atoms with Crippen LogP contribution in [0.25, 0.3) is 0 Å². The molecule has 2 aromatic carbocycles. The van der Waals surface area contributed by atoms with Crippen molar-refractivity contribution in [2.45, 2.75) is 6.54 Å². The SMILES string of the molecule is COc1ccc(C/N=C/c2cccc(F)c2Cl)cc1. The van der Waals surface area contributed by atoms with Crippen LogP contribution in [0.4, 0.5) is 4.39 Å². The first-order chi connectivity index (χ1) is 9.20. The Balaban J connectivity index is 2.04. The van der Waals surface area contributed by atoms with Crippen LogP contribution in [0.3, 0.4) is 0 Å². The van der Waals surface area contributed by atoms with Crippen LogP contribution in [0, 0.1) is 5.82 Å². The van der Waals surface area contributed by atoms with Gasteiger partial charge in [0.15, 0.2) is 0 Å². The third-order valence-corrected chi connectivity index (χ3v) is 3.04. The van der Waals surface area contributed by atoms with Gasteiger partial charge >= 0.3 is 0 Å². The summed E-state index contributed by atoms with van der Waals surface area (Å²) in [4.78, 5) is 4.25. The van der Waals surface area contributed by atoms with Crippen LogP contribution in [0.15, 0.2) is 47.5 Å². The molecule has 0 radical (unpaired) electrons. The highest BCUT2D eigenvalue weighted by atomic mass is 35.5. The molecule has 2 nitrogen and oxygen atoms in total. The van der Waals surface area contributed by atoms with Gasteiger partial charge in [-0.2, -0.15) is 0 Å². The van der Waals surface area contributed by atoms with E-state index in [1.165, 1.54) is 6.07 Å². The lowest BCUT2D eigenvalue weighted by molar-refractivity contribution is 0.414. The molecule has 0 aromatic heterocycles. The van der Waals surface area contributed by atoms with E-state index in [4.69, 9.17) is 16.3 Å². The van der Waals surface area contributed by atoms with Gasteiger partial charge in [0.25, 0.3) is 0 Å². The van der Waals surface area contributed by atoms with Gasteiger partial charge in [-0.1, -0.05) is 35.9 Å². The molecule has 0 N–H and O–H groups in total. The highest BCUT2D eigenvalue weighted by Gasteiger charge is 2.02. The van der Waals surface area contributed by atoms with Gasteiger partial charge in [0, 0.05) is 11.8 Å². The molecule has 0 saturated carbocycles. The molecule has 0 aliphatic heterocycles. The summed E-state index contributed by atoms with van der Waals surface area (Å²) in [5, 5.41) is 0.0981. The van der Waals surface area contributed by atoms with E-state index in [9.17, 15) is 4.39 Å². The molecule has 0 saturated heterocycles. The minimum atomic E-state index is -0.435. The Kier molecular flexibility index (Phi) is 4.53. The monoisotopic (exact) mass is 277 g/mol. The van der Waals surface area contributed by atoms with Crippen LogP contribution in [0.2, 0.25) is 5.02 Å². The van der Waals surface area contributed by atoms with Crippen molar-refractivity contribution in [3.05, 3.63) is 64.4 Å². The van der Waals surface area contributed by atoms with Gasteiger partial charge in [-0.3, -0.25) is 4.99 Å². The Labute approximate surface area is 116 Å². The Morgan fingerprint density at radius 3 is 2.63 bits per heavy atom. The zero-order chi connectivity index (χ0) is 13.7. The molecule has 98 valence electrons. The van der Waals surface area contributed by atoms with Crippen LogP contribution in [0.5, 0.6) is 5.75 Å². The quantitative estimate of drug-likeness (QED) is 0.771. The maximum Gasteiger partial charge on any atom is 0.142 e. The summed E-state index contributed by atoms with van der Waals surface area (Å²) in [7, 11) is 1.62. The Bertz CT molecular complexity index is 581. The summed E-state index contributed by atoms with van der Waals surface area (Å²) < 4.78 is 18.3. The van der Waals surface area contributed by atoms with E-state index in [0.29, 0.717) is 12.1 Å². The van der Waals surface area contributed by atoms with Gasteiger partial charge in [0.2, 0.25) is 0 Å². The second-order valence-electron chi connectivity index (χ2n) is 3.96. The van der Waals surface area contributed by atoms with Crippen molar-refractivity contribution in [1.29, 1.82) is 0 Å². The van der Waals surface area contributed by atoms with E-state index in [2.05, 4.69) is 4.99 Å². The number of nitrogens with zero attached hydrogens (tertiary/aromatic N) is 1.